The second-order valence-electron chi connectivity index (χ2n) is 6.75. The zero-order chi connectivity index (χ0) is 18.2. The monoisotopic (exact) mass is 354 g/mol. The molecule has 0 bridgehead atoms. The Bertz CT molecular complexity index is 767. The van der Waals surface area contributed by atoms with Crippen molar-refractivity contribution in [1.29, 1.82) is 0 Å². The Morgan fingerprint density at radius 2 is 1.85 bits per heavy atom. The van der Waals surface area contributed by atoms with Gasteiger partial charge in [0.25, 0.3) is 5.56 Å². The van der Waals surface area contributed by atoms with E-state index in [1.54, 1.807) is 17.0 Å². The number of nitrogens with one attached hydrogen (secondary N) is 2. The predicted molar refractivity (Wildman–Crippen MR) is 101 cm³/mol. The minimum Gasteiger partial charge on any atom is -0.338 e. The van der Waals surface area contributed by atoms with Gasteiger partial charge in [0.05, 0.1) is 12.0 Å². The molecule has 1 fully saturated rings. The van der Waals surface area contributed by atoms with Crippen molar-refractivity contribution < 1.29 is 4.79 Å². The van der Waals surface area contributed by atoms with E-state index in [-0.39, 0.29) is 11.6 Å². The van der Waals surface area contributed by atoms with Gasteiger partial charge in [0.1, 0.15) is 0 Å². The first-order valence-electron chi connectivity index (χ1n) is 9.34. The van der Waals surface area contributed by atoms with Crippen LogP contribution in [-0.2, 0) is 13.0 Å². The summed E-state index contributed by atoms with van der Waals surface area (Å²) in [5, 5.41) is 5.60. The highest BCUT2D eigenvalue weighted by molar-refractivity contribution is 5.73. The normalized spacial score (nSPS) is 14.3. The molecule has 1 aliphatic carbocycles. The van der Waals surface area contributed by atoms with E-state index in [4.69, 9.17) is 0 Å². The van der Waals surface area contributed by atoms with Crippen LogP contribution in [0.1, 0.15) is 42.9 Å². The number of rotatable bonds is 7. The SMILES string of the molecule is O=C(NCCc1ccccc1)NCCn1cnc(C2CCCC2)cc1=O. The van der Waals surface area contributed by atoms with Gasteiger partial charge in [-0.25, -0.2) is 9.78 Å². The second-order valence-corrected chi connectivity index (χ2v) is 6.75. The number of aromatic nitrogens is 2. The van der Waals surface area contributed by atoms with Gasteiger partial charge in [-0.2, -0.15) is 0 Å². The maximum absolute atomic E-state index is 12.2. The highest BCUT2D eigenvalue weighted by Crippen LogP contribution is 2.32. The molecule has 3 rings (SSSR count). The first kappa shape index (κ1) is 18.2. The molecule has 0 aliphatic heterocycles. The number of urea groups is 1. The Hall–Kier alpha value is -2.63. The van der Waals surface area contributed by atoms with Crippen molar-refractivity contribution in [3.05, 3.63) is 64.3 Å². The molecule has 1 aliphatic rings. The fraction of sp³-hybridized carbons (Fsp3) is 0.450. The standard InChI is InChI=1S/C20H26N4O2/c25-19-14-18(17-8-4-5-9-17)23-15-24(19)13-12-22-20(26)21-11-10-16-6-2-1-3-7-16/h1-3,6-7,14-15,17H,4-5,8-13H2,(H2,21,22,26). The highest BCUT2D eigenvalue weighted by Gasteiger charge is 2.18. The lowest BCUT2D eigenvalue weighted by atomic mass is 10.0. The molecular formula is C20H26N4O2. The maximum atomic E-state index is 12.2. The molecule has 0 spiro atoms. The summed E-state index contributed by atoms with van der Waals surface area (Å²) in [4.78, 5) is 28.4. The first-order chi connectivity index (χ1) is 12.7. The summed E-state index contributed by atoms with van der Waals surface area (Å²) in [7, 11) is 0. The van der Waals surface area contributed by atoms with E-state index in [9.17, 15) is 9.59 Å². The van der Waals surface area contributed by atoms with Crippen molar-refractivity contribution in [2.75, 3.05) is 13.1 Å². The van der Waals surface area contributed by atoms with Gasteiger partial charge in [0, 0.05) is 31.6 Å². The number of hydrogen-bond acceptors (Lipinski definition) is 3. The Balaban J connectivity index is 1.38. The van der Waals surface area contributed by atoms with Gasteiger partial charge >= 0.3 is 6.03 Å². The Morgan fingerprint density at radius 1 is 1.12 bits per heavy atom. The van der Waals surface area contributed by atoms with Crippen molar-refractivity contribution in [2.45, 2.75) is 44.6 Å². The topological polar surface area (TPSA) is 76.0 Å². The van der Waals surface area contributed by atoms with Crippen LogP contribution in [0, 0.1) is 0 Å². The van der Waals surface area contributed by atoms with Crippen LogP contribution in [-0.4, -0.2) is 28.7 Å². The van der Waals surface area contributed by atoms with E-state index in [2.05, 4.69) is 15.6 Å². The fourth-order valence-electron chi connectivity index (χ4n) is 3.37. The van der Waals surface area contributed by atoms with Crippen LogP contribution >= 0.6 is 0 Å². The lowest BCUT2D eigenvalue weighted by Crippen LogP contribution is -2.39. The van der Waals surface area contributed by atoms with E-state index in [1.807, 2.05) is 30.3 Å². The Labute approximate surface area is 153 Å². The van der Waals surface area contributed by atoms with Gasteiger partial charge in [0.15, 0.2) is 0 Å². The smallest absolute Gasteiger partial charge is 0.314 e. The van der Waals surface area contributed by atoms with Gasteiger partial charge in [-0.1, -0.05) is 43.2 Å². The lowest BCUT2D eigenvalue weighted by Gasteiger charge is -2.11. The van der Waals surface area contributed by atoms with E-state index in [0.717, 1.165) is 25.0 Å². The van der Waals surface area contributed by atoms with Crippen LogP contribution in [0.25, 0.3) is 0 Å². The second kappa shape index (κ2) is 9.17. The molecule has 0 unspecified atom stereocenters. The maximum Gasteiger partial charge on any atom is 0.314 e. The third kappa shape index (κ3) is 5.18. The average Bonchev–Trinajstić information content (AvgIpc) is 3.19. The van der Waals surface area contributed by atoms with E-state index in [1.165, 1.54) is 18.4 Å². The Morgan fingerprint density at radius 3 is 2.58 bits per heavy atom. The van der Waals surface area contributed by atoms with Crippen molar-refractivity contribution in [1.82, 2.24) is 20.2 Å². The number of nitrogens with zero attached hydrogens (tertiary/aromatic N) is 2. The van der Waals surface area contributed by atoms with Crippen molar-refractivity contribution >= 4 is 6.03 Å². The molecule has 0 saturated heterocycles. The quantitative estimate of drug-likeness (QED) is 0.802. The van der Waals surface area contributed by atoms with Crippen LogP contribution in [0.15, 0.2) is 47.5 Å². The van der Waals surface area contributed by atoms with Crippen LogP contribution < -0.4 is 16.2 Å². The Kier molecular flexibility index (Phi) is 6.41. The minimum absolute atomic E-state index is 0.0480. The van der Waals surface area contributed by atoms with Crippen LogP contribution in [0.5, 0.6) is 0 Å². The minimum atomic E-state index is -0.218. The van der Waals surface area contributed by atoms with E-state index < -0.39 is 0 Å². The molecule has 138 valence electrons. The summed E-state index contributed by atoms with van der Waals surface area (Å²) in [6.45, 7) is 1.39. The molecule has 6 nitrogen and oxygen atoms in total. The molecule has 2 N–H and O–H groups in total. The van der Waals surface area contributed by atoms with Gasteiger partial charge in [0.2, 0.25) is 0 Å². The molecule has 26 heavy (non-hydrogen) atoms. The molecule has 2 amide bonds. The van der Waals surface area contributed by atoms with Gasteiger partial charge in [-0.15, -0.1) is 0 Å². The highest BCUT2D eigenvalue weighted by atomic mass is 16.2. The fourth-order valence-corrected chi connectivity index (χ4v) is 3.37. The largest absolute Gasteiger partial charge is 0.338 e. The summed E-state index contributed by atoms with van der Waals surface area (Å²) in [6, 6.07) is 11.4. The number of carbonyl (C=O) groups is 1. The summed E-state index contributed by atoms with van der Waals surface area (Å²) in [5.41, 5.74) is 2.05. The first-order valence-corrected chi connectivity index (χ1v) is 9.34. The van der Waals surface area contributed by atoms with Gasteiger partial charge in [-0.3, -0.25) is 9.36 Å². The average molecular weight is 354 g/mol. The lowest BCUT2D eigenvalue weighted by molar-refractivity contribution is 0.240. The summed E-state index contributed by atoms with van der Waals surface area (Å²) in [6.07, 6.45) is 7.09. The van der Waals surface area contributed by atoms with Gasteiger partial charge in [-0.05, 0) is 24.8 Å². The molecule has 0 radical (unpaired) electrons. The summed E-state index contributed by atoms with van der Waals surface area (Å²) >= 11 is 0. The zero-order valence-corrected chi connectivity index (χ0v) is 15.0. The third-order valence-electron chi connectivity index (χ3n) is 4.85. The van der Waals surface area contributed by atoms with Crippen molar-refractivity contribution in [3.8, 4) is 0 Å². The van der Waals surface area contributed by atoms with E-state index in [0.29, 0.717) is 25.6 Å². The van der Waals surface area contributed by atoms with Crippen LogP contribution in [0.2, 0.25) is 0 Å². The number of carbonyl (C=O) groups excluding carboxylic acids is 1. The van der Waals surface area contributed by atoms with Gasteiger partial charge < -0.3 is 10.6 Å². The molecule has 0 atom stereocenters. The van der Waals surface area contributed by atoms with E-state index >= 15 is 0 Å². The number of hydrogen-bond donors (Lipinski definition) is 2. The van der Waals surface area contributed by atoms with Crippen molar-refractivity contribution in [3.63, 3.8) is 0 Å². The summed E-state index contributed by atoms with van der Waals surface area (Å²) < 4.78 is 1.54. The molecule has 1 aromatic heterocycles. The molecule has 2 aromatic rings. The molecule has 1 heterocycles. The number of benzene rings is 1. The van der Waals surface area contributed by atoms with Crippen LogP contribution in [0.4, 0.5) is 4.79 Å². The van der Waals surface area contributed by atoms with Crippen molar-refractivity contribution in [2.24, 2.45) is 0 Å². The molecular weight excluding hydrogens is 328 g/mol. The molecule has 1 saturated carbocycles. The zero-order valence-electron chi connectivity index (χ0n) is 15.0. The number of amides is 2. The molecule has 1 aromatic carbocycles. The third-order valence-corrected chi connectivity index (χ3v) is 4.85. The molecule has 6 heteroatoms. The van der Waals surface area contributed by atoms with Crippen LogP contribution in [0.3, 0.4) is 0 Å². The predicted octanol–water partition coefficient (Wildman–Crippen LogP) is 2.44. The summed E-state index contributed by atoms with van der Waals surface area (Å²) in [5.74, 6) is 0.436.